The third-order valence-corrected chi connectivity index (χ3v) is 5.35. The first-order valence-electron chi connectivity index (χ1n) is 8.67. The molecule has 0 bridgehead atoms. The molecule has 0 amide bonds. The van der Waals surface area contributed by atoms with Gasteiger partial charge in [-0.1, -0.05) is 18.2 Å². The van der Waals surface area contributed by atoms with E-state index in [9.17, 15) is 5.11 Å². The lowest BCUT2D eigenvalue weighted by molar-refractivity contribution is 0.0396. The Morgan fingerprint density at radius 1 is 1.00 bits per heavy atom. The van der Waals surface area contributed by atoms with E-state index in [1.54, 1.807) is 0 Å². The van der Waals surface area contributed by atoms with Crippen molar-refractivity contribution in [1.29, 1.82) is 0 Å². The molecule has 5 heteroatoms. The number of anilines is 2. The Hall–Kier alpha value is -2.11. The summed E-state index contributed by atoms with van der Waals surface area (Å²) in [7, 11) is 0. The van der Waals surface area contributed by atoms with Crippen LogP contribution in [0.15, 0.2) is 42.6 Å². The Kier molecular flexibility index (Phi) is 4.12. The first-order chi connectivity index (χ1) is 11.7. The molecule has 2 aliphatic rings. The third kappa shape index (κ3) is 2.85. The zero-order valence-corrected chi connectivity index (χ0v) is 13.8. The number of nitrogens with zero attached hydrogens (tertiary/aromatic N) is 3. The molecule has 2 aromatic rings. The van der Waals surface area contributed by atoms with Gasteiger partial charge in [-0.3, -0.25) is 4.90 Å². The molecule has 0 radical (unpaired) electrons. The monoisotopic (exact) mass is 324 g/mol. The number of pyridine rings is 1. The number of hydrogen-bond donors (Lipinski definition) is 2. The molecule has 1 saturated heterocycles. The van der Waals surface area contributed by atoms with Crippen LogP contribution in [0.1, 0.15) is 11.1 Å². The maximum Gasteiger partial charge on any atom is 0.128 e. The highest BCUT2D eigenvalue weighted by Gasteiger charge is 2.34. The van der Waals surface area contributed by atoms with Crippen LogP contribution >= 0.6 is 0 Å². The molecule has 1 aromatic heterocycles. The predicted molar refractivity (Wildman–Crippen MR) is 96.1 cm³/mol. The molecule has 2 heterocycles. The third-order valence-electron chi connectivity index (χ3n) is 5.35. The second-order valence-electron chi connectivity index (χ2n) is 6.74. The molecule has 1 aliphatic carbocycles. The first-order valence-corrected chi connectivity index (χ1v) is 8.67. The number of piperazine rings is 1. The molecule has 3 N–H and O–H groups in total. The summed E-state index contributed by atoms with van der Waals surface area (Å²) in [4.78, 5) is 9.17. The van der Waals surface area contributed by atoms with Crippen molar-refractivity contribution in [3.05, 3.63) is 53.7 Å². The average Bonchev–Trinajstić information content (AvgIpc) is 2.62. The van der Waals surface area contributed by atoms with Crippen molar-refractivity contribution in [2.24, 2.45) is 0 Å². The van der Waals surface area contributed by atoms with Crippen molar-refractivity contribution in [3.63, 3.8) is 0 Å². The highest BCUT2D eigenvalue weighted by molar-refractivity contribution is 5.52. The molecule has 0 saturated carbocycles. The van der Waals surface area contributed by atoms with Crippen LogP contribution in [-0.4, -0.2) is 53.3 Å². The summed E-state index contributed by atoms with van der Waals surface area (Å²) in [6.45, 7) is 3.77. The van der Waals surface area contributed by atoms with Gasteiger partial charge in [-0.05, 0) is 35.7 Å². The van der Waals surface area contributed by atoms with Gasteiger partial charge in [0, 0.05) is 50.5 Å². The highest BCUT2D eigenvalue weighted by Crippen LogP contribution is 2.29. The van der Waals surface area contributed by atoms with Crippen LogP contribution in [0.5, 0.6) is 0 Å². The van der Waals surface area contributed by atoms with E-state index in [1.807, 2.05) is 30.5 Å². The van der Waals surface area contributed by atoms with Crippen LogP contribution in [0, 0.1) is 0 Å². The Morgan fingerprint density at radius 2 is 1.83 bits per heavy atom. The molecule has 5 nitrogen and oxygen atoms in total. The van der Waals surface area contributed by atoms with Crippen molar-refractivity contribution >= 4 is 11.5 Å². The van der Waals surface area contributed by atoms with Gasteiger partial charge in [-0.15, -0.1) is 0 Å². The summed E-state index contributed by atoms with van der Waals surface area (Å²) >= 11 is 0. The van der Waals surface area contributed by atoms with E-state index < -0.39 is 0 Å². The fourth-order valence-corrected chi connectivity index (χ4v) is 4.00. The molecule has 0 spiro atoms. The largest absolute Gasteiger partial charge is 0.398 e. The van der Waals surface area contributed by atoms with E-state index in [4.69, 9.17) is 5.73 Å². The minimum Gasteiger partial charge on any atom is -0.398 e. The lowest BCUT2D eigenvalue weighted by Crippen LogP contribution is -2.56. The lowest BCUT2D eigenvalue weighted by atomic mass is 9.84. The summed E-state index contributed by atoms with van der Waals surface area (Å²) in [5.41, 5.74) is 9.44. The van der Waals surface area contributed by atoms with Gasteiger partial charge >= 0.3 is 0 Å². The zero-order chi connectivity index (χ0) is 16.5. The maximum atomic E-state index is 10.6. The number of nitrogens with two attached hydrogens (primary N) is 1. The van der Waals surface area contributed by atoms with Gasteiger partial charge in [-0.25, -0.2) is 4.98 Å². The SMILES string of the molecule is Nc1cccc2c1CC(N1CCN(c3ccccn3)CC1)C(O)C2. The summed E-state index contributed by atoms with van der Waals surface area (Å²) in [5.74, 6) is 1.04. The second-order valence-corrected chi connectivity index (χ2v) is 6.74. The zero-order valence-electron chi connectivity index (χ0n) is 13.8. The number of fused-ring (bicyclic) bond motifs is 1. The fraction of sp³-hybridized carbons (Fsp3) is 0.421. The summed E-state index contributed by atoms with van der Waals surface area (Å²) in [6.07, 6.45) is 3.06. The van der Waals surface area contributed by atoms with Crippen molar-refractivity contribution < 1.29 is 5.11 Å². The Morgan fingerprint density at radius 3 is 2.58 bits per heavy atom. The summed E-state index contributed by atoms with van der Waals surface area (Å²) < 4.78 is 0. The lowest BCUT2D eigenvalue weighted by Gasteiger charge is -2.43. The highest BCUT2D eigenvalue weighted by atomic mass is 16.3. The Bertz CT molecular complexity index is 698. The number of aliphatic hydroxyl groups is 1. The van der Waals surface area contributed by atoms with E-state index >= 15 is 0 Å². The molecule has 126 valence electrons. The van der Waals surface area contributed by atoms with E-state index in [0.29, 0.717) is 6.42 Å². The van der Waals surface area contributed by atoms with Gasteiger partial charge in [0.2, 0.25) is 0 Å². The van der Waals surface area contributed by atoms with E-state index in [0.717, 1.165) is 44.1 Å². The summed E-state index contributed by atoms with van der Waals surface area (Å²) in [6, 6.07) is 12.2. The molecule has 4 rings (SSSR count). The second kappa shape index (κ2) is 6.42. The van der Waals surface area contributed by atoms with Crippen molar-refractivity contribution in [3.8, 4) is 0 Å². The van der Waals surface area contributed by atoms with Gasteiger partial charge in [0.1, 0.15) is 5.82 Å². The van der Waals surface area contributed by atoms with Crippen LogP contribution < -0.4 is 10.6 Å². The predicted octanol–water partition coefficient (Wildman–Crippen LogP) is 1.31. The van der Waals surface area contributed by atoms with Crippen LogP contribution in [0.25, 0.3) is 0 Å². The van der Waals surface area contributed by atoms with Crippen molar-refractivity contribution in [2.45, 2.75) is 25.0 Å². The van der Waals surface area contributed by atoms with Gasteiger partial charge in [-0.2, -0.15) is 0 Å². The number of nitrogen functional groups attached to an aromatic ring is 1. The Labute approximate surface area is 142 Å². The van der Waals surface area contributed by atoms with Crippen molar-refractivity contribution in [1.82, 2.24) is 9.88 Å². The molecule has 24 heavy (non-hydrogen) atoms. The minimum atomic E-state index is -0.319. The smallest absolute Gasteiger partial charge is 0.128 e. The fourth-order valence-electron chi connectivity index (χ4n) is 4.00. The quantitative estimate of drug-likeness (QED) is 0.816. The van der Waals surface area contributed by atoms with Gasteiger partial charge in [0.15, 0.2) is 0 Å². The van der Waals surface area contributed by atoms with Gasteiger partial charge < -0.3 is 15.7 Å². The Balaban J connectivity index is 1.45. The van der Waals surface area contributed by atoms with E-state index in [-0.39, 0.29) is 12.1 Å². The maximum absolute atomic E-state index is 10.6. The van der Waals surface area contributed by atoms with Crippen LogP contribution in [0.4, 0.5) is 11.5 Å². The van der Waals surface area contributed by atoms with Gasteiger partial charge in [0.05, 0.1) is 6.10 Å². The number of rotatable bonds is 2. The molecule has 1 aliphatic heterocycles. The first kappa shape index (κ1) is 15.4. The average molecular weight is 324 g/mol. The van der Waals surface area contributed by atoms with Crippen LogP contribution in [0.3, 0.4) is 0 Å². The topological polar surface area (TPSA) is 65.6 Å². The number of benzene rings is 1. The van der Waals surface area contributed by atoms with E-state index in [1.165, 1.54) is 11.1 Å². The van der Waals surface area contributed by atoms with E-state index in [2.05, 4.69) is 26.9 Å². The molecular weight excluding hydrogens is 300 g/mol. The molecule has 1 aromatic carbocycles. The number of hydrogen-bond acceptors (Lipinski definition) is 5. The number of aliphatic hydroxyl groups excluding tert-OH is 1. The summed E-state index contributed by atoms with van der Waals surface area (Å²) in [5, 5.41) is 10.6. The molecule has 2 atom stereocenters. The van der Waals surface area contributed by atoms with Gasteiger partial charge in [0.25, 0.3) is 0 Å². The van der Waals surface area contributed by atoms with Crippen LogP contribution in [-0.2, 0) is 12.8 Å². The molecule has 2 unspecified atom stereocenters. The number of aromatic nitrogens is 1. The van der Waals surface area contributed by atoms with Crippen LogP contribution in [0.2, 0.25) is 0 Å². The standard InChI is InChI=1S/C19H24N4O/c20-16-5-3-4-14-12-18(24)17(13-15(14)16)22-8-10-23(11-9-22)19-6-1-2-7-21-19/h1-7,17-18,24H,8-13,20H2. The molecular formula is C19H24N4O. The normalized spacial score (nSPS) is 24.6. The molecule has 1 fully saturated rings. The minimum absolute atomic E-state index is 0.160. The van der Waals surface area contributed by atoms with Crippen molar-refractivity contribution in [2.75, 3.05) is 36.8 Å².